The van der Waals surface area contributed by atoms with Crippen molar-refractivity contribution in [2.45, 2.75) is 19.9 Å². The maximum absolute atomic E-state index is 12.8. The third kappa shape index (κ3) is 4.63. The van der Waals surface area contributed by atoms with Crippen LogP contribution in [0.5, 0.6) is 11.5 Å². The molecule has 7 heteroatoms. The minimum absolute atomic E-state index is 0.197. The Labute approximate surface area is 175 Å². The van der Waals surface area contributed by atoms with Gasteiger partial charge in [-0.2, -0.15) is 0 Å². The molecule has 156 valence electrons. The number of ether oxygens (including phenoxy) is 2. The fourth-order valence-corrected chi connectivity index (χ4v) is 3.03. The van der Waals surface area contributed by atoms with E-state index >= 15 is 0 Å². The molecule has 1 atom stereocenters. The van der Waals surface area contributed by atoms with E-state index in [9.17, 15) is 9.59 Å². The number of hydrogen-bond donors (Lipinski definition) is 2. The molecule has 0 aliphatic rings. The van der Waals surface area contributed by atoms with Gasteiger partial charge < -0.3 is 24.5 Å². The van der Waals surface area contributed by atoms with Crippen molar-refractivity contribution in [2.75, 3.05) is 19.5 Å². The van der Waals surface area contributed by atoms with E-state index < -0.39 is 0 Å². The summed E-state index contributed by atoms with van der Waals surface area (Å²) in [6, 6.07) is 13.4. The van der Waals surface area contributed by atoms with Crippen molar-refractivity contribution in [3.05, 3.63) is 77.2 Å². The highest BCUT2D eigenvalue weighted by atomic mass is 16.5. The normalized spacial score (nSPS) is 11.5. The molecule has 2 amide bonds. The summed E-state index contributed by atoms with van der Waals surface area (Å²) in [6.45, 7) is 3.71. The molecular formula is C23H24N2O5. The smallest absolute Gasteiger partial charge is 0.291 e. The van der Waals surface area contributed by atoms with Crippen LogP contribution < -0.4 is 20.1 Å². The van der Waals surface area contributed by atoms with E-state index in [1.807, 2.05) is 19.9 Å². The van der Waals surface area contributed by atoms with E-state index in [0.717, 1.165) is 11.1 Å². The number of benzene rings is 2. The molecule has 0 spiro atoms. The molecule has 1 unspecified atom stereocenters. The highest BCUT2D eigenvalue weighted by molar-refractivity contribution is 6.04. The molecule has 30 heavy (non-hydrogen) atoms. The molecule has 0 fully saturated rings. The van der Waals surface area contributed by atoms with Crippen LogP contribution in [0.1, 0.15) is 45.0 Å². The zero-order chi connectivity index (χ0) is 21.7. The first-order valence-electron chi connectivity index (χ1n) is 9.41. The van der Waals surface area contributed by atoms with Gasteiger partial charge in [-0.25, -0.2) is 0 Å². The second-order valence-corrected chi connectivity index (χ2v) is 6.76. The lowest BCUT2D eigenvalue weighted by molar-refractivity contribution is 0.0937. The monoisotopic (exact) mass is 408 g/mol. The third-order valence-corrected chi connectivity index (χ3v) is 4.74. The fraction of sp³-hybridized carbons (Fsp3) is 0.217. The maximum atomic E-state index is 12.8. The molecular weight excluding hydrogens is 384 g/mol. The zero-order valence-electron chi connectivity index (χ0n) is 17.3. The molecule has 0 aliphatic carbocycles. The van der Waals surface area contributed by atoms with E-state index in [1.165, 1.54) is 6.26 Å². The number of hydrogen-bond acceptors (Lipinski definition) is 5. The molecule has 2 aromatic carbocycles. The number of furan rings is 1. The molecule has 1 aromatic heterocycles. The van der Waals surface area contributed by atoms with E-state index in [-0.39, 0.29) is 23.6 Å². The Hall–Kier alpha value is -3.74. The second kappa shape index (κ2) is 9.17. The first-order chi connectivity index (χ1) is 14.4. The Kier molecular flexibility index (Phi) is 6.41. The van der Waals surface area contributed by atoms with Gasteiger partial charge in [0.15, 0.2) is 5.76 Å². The van der Waals surface area contributed by atoms with Crippen LogP contribution in [0, 0.1) is 6.92 Å². The average molecular weight is 408 g/mol. The van der Waals surface area contributed by atoms with Crippen molar-refractivity contribution < 1.29 is 23.5 Å². The predicted molar refractivity (Wildman–Crippen MR) is 113 cm³/mol. The number of carbonyl (C=O) groups excluding carboxylic acids is 2. The van der Waals surface area contributed by atoms with Crippen molar-refractivity contribution in [3.8, 4) is 11.5 Å². The van der Waals surface area contributed by atoms with Crippen LogP contribution in [0.2, 0.25) is 0 Å². The van der Waals surface area contributed by atoms with Gasteiger partial charge in [0.2, 0.25) is 0 Å². The molecule has 0 bridgehead atoms. The molecule has 1 heterocycles. The summed E-state index contributed by atoms with van der Waals surface area (Å²) < 4.78 is 15.8. The Bertz CT molecular complexity index is 1040. The molecule has 0 radical (unpaired) electrons. The highest BCUT2D eigenvalue weighted by Crippen LogP contribution is 2.29. The largest absolute Gasteiger partial charge is 0.497 e. The maximum Gasteiger partial charge on any atom is 0.291 e. The first kappa shape index (κ1) is 21.0. The lowest BCUT2D eigenvalue weighted by Crippen LogP contribution is -2.27. The topological polar surface area (TPSA) is 89.8 Å². The molecule has 2 N–H and O–H groups in total. The van der Waals surface area contributed by atoms with Crippen molar-refractivity contribution in [1.29, 1.82) is 0 Å². The van der Waals surface area contributed by atoms with Gasteiger partial charge in [-0.15, -0.1) is 0 Å². The van der Waals surface area contributed by atoms with Crippen LogP contribution in [-0.4, -0.2) is 26.0 Å². The van der Waals surface area contributed by atoms with E-state index in [2.05, 4.69) is 10.6 Å². The van der Waals surface area contributed by atoms with Crippen LogP contribution in [0.3, 0.4) is 0 Å². The summed E-state index contributed by atoms with van der Waals surface area (Å²) in [6.07, 6.45) is 1.43. The zero-order valence-corrected chi connectivity index (χ0v) is 17.3. The van der Waals surface area contributed by atoms with Crippen molar-refractivity contribution in [3.63, 3.8) is 0 Å². The molecule has 3 aromatic rings. The average Bonchev–Trinajstić information content (AvgIpc) is 3.29. The summed E-state index contributed by atoms with van der Waals surface area (Å²) in [5.74, 6) is 0.864. The minimum atomic E-state index is -0.379. The van der Waals surface area contributed by atoms with Crippen LogP contribution in [-0.2, 0) is 0 Å². The number of carbonyl (C=O) groups is 2. The quantitative estimate of drug-likeness (QED) is 0.607. The van der Waals surface area contributed by atoms with Crippen molar-refractivity contribution in [2.24, 2.45) is 0 Å². The standard InChI is InChI=1S/C23H24N2O5/c1-14-7-8-16(12-19(14)25-23(27)21-6-5-11-30-21)22(26)24-15(2)18-13-17(28-3)9-10-20(18)29-4/h5-13,15H,1-4H3,(H,24,26)(H,25,27). The van der Waals surface area contributed by atoms with Crippen molar-refractivity contribution in [1.82, 2.24) is 5.32 Å². The lowest BCUT2D eigenvalue weighted by Gasteiger charge is -2.19. The summed E-state index contributed by atoms with van der Waals surface area (Å²) >= 11 is 0. The molecule has 7 nitrogen and oxygen atoms in total. The Morgan fingerprint density at radius 3 is 2.47 bits per heavy atom. The number of aryl methyl sites for hydroxylation is 1. The molecule has 0 saturated carbocycles. The van der Waals surface area contributed by atoms with Gasteiger partial charge in [0, 0.05) is 16.8 Å². The van der Waals surface area contributed by atoms with Crippen LogP contribution in [0.15, 0.2) is 59.2 Å². The van der Waals surface area contributed by atoms with E-state index in [1.54, 1.807) is 56.7 Å². The van der Waals surface area contributed by atoms with Gasteiger partial charge in [-0.3, -0.25) is 9.59 Å². The summed E-state index contributed by atoms with van der Waals surface area (Å²) in [5.41, 5.74) is 2.58. The fourth-order valence-electron chi connectivity index (χ4n) is 3.03. The van der Waals surface area contributed by atoms with Gasteiger partial charge in [0.05, 0.1) is 26.5 Å². The Morgan fingerprint density at radius 2 is 1.80 bits per heavy atom. The minimum Gasteiger partial charge on any atom is -0.497 e. The third-order valence-electron chi connectivity index (χ3n) is 4.74. The van der Waals surface area contributed by atoms with Gasteiger partial charge in [-0.1, -0.05) is 6.07 Å². The van der Waals surface area contributed by atoms with Crippen molar-refractivity contribution >= 4 is 17.5 Å². The van der Waals surface area contributed by atoms with E-state index in [4.69, 9.17) is 13.9 Å². The summed E-state index contributed by atoms with van der Waals surface area (Å²) in [4.78, 5) is 25.1. The van der Waals surface area contributed by atoms with Gasteiger partial charge in [-0.05, 0) is 61.9 Å². The van der Waals surface area contributed by atoms with E-state index in [0.29, 0.717) is 22.7 Å². The molecule has 0 saturated heterocycles. The van der Waals surface area contributed by atoms with Crippen LogP contribution >= 0.6 is 0 Å². The van der Waals surface area contributed by atoms with Crippen LogP contribution in [0.4, 0.5) is 5.69 Å². The first-order valence-corrected chi connectivity index (χ1v) is 9.41. The predicted octanol–water partition coefficient (Wildman–Crippen LogP) is 4.35. The number of amides is 2. The lowest BCUT2D eigenvalue weighted by atomic mass is 10.0. The Balaban J connectivity index is 1.78. The van der Waals surface area contributed by atoms with Crippen LogP contribution in [0.25, 0.3) is 0 Å². The number of nitrogens with one attached hydrogen (secondary N) is 2. The Morgan fingerprint density at radius 1 is 1.00 bits per heavy atom. The highest BCUT2D eigenvalue weighted by Gasteiger charge is 2.18. The summed E-state index contributed by atoms with van der Waals surface area (Å²) in [5, 5.41) is 5.74. The number of rotatable bonds is 7. The SMILES string of the molecule is COc1ccc(OC)c(C(C)NC(=O)c2ccc(C)c(NC(=O)c3ccco3)c2)c1. The molecule has 3 rings (SSSR count). The van der Waals surface area contributed by atoms with Gasteiger partial charge in [0.25, 0.3) is 11.8 Å². The number of anilines is 1. The summed E-state index contributed by atoms with van der Waals surface area (Å²) in [7, 11) is 3.16. The number of methoxy groups -OCH3 is 2. The second-order valence-electron chi connectivity index (χ2n) is 6.76. The van der Waals surface area contributed by atoms with Gasteiger partial charge in [0.1, 0.15) is 11.5 Å². The van der Waals surface area contributed by atoms with Gasteiger partial charge >= 0.3 is 0 Å². The molecule has 0 aliphatic heterocycles.